The van der Waals surface area contributed by atoms with Crippen LogP contribution in [0.25, 0.3) is 0 Å². The van der Waals surface area contributed by atoms with Gasteiger partial charge in [-0.15, -0.1) is 0 Å². The van der Waals surface area contributed by atoms with Crippen molar-refractivity contribution in [3.05, 3.63) is 41.5 Å². The van der Waals surface area contributed by atoms with Crippen LogP contribution in [0.1, 0.15) is 36.9 Å². The van der Waals surface area contributed by atoms with Gasteiger partial charge in [0.1, 0.15) is 11.6 Å². The zero-order chi connectivity index (χ0) is 14.5. The van der Waals surface area contributed by atoms with Crippen molar-refractivity contribution in [2.75, 3.05) is 12.8 Å². The molecule has 1 heterocycles. The predicted molar refractivity (Wildman–Crippen MR) is 75.2 cm³/mol. The monoisotopic (exact) mass is 275 g/mol. The number of rotatable bonds is 3. The Balaban J connectivity index is 1.99. The number of aromatic amines is 1. The summed E-state index contributed by atoms with van der Waals surface area (Å²) in [7, 11) is 1.59. The molecule has 2 aromatic rings. The number of hydrogen-bond acceptors (Lipinski definition) is 3. The molecule has 0 bridgehead atoms. The van der Waals surface area contributed by atoms with Crippen LogP contribution >= 0.6 is 0 Å². The molecule has 3 rings (SSSR count). The normalized spacial score (nSPS) is 23.6. The first kappa shape index (κ1) is 13.0. The van der Waals surface area contributed by atoms with Gasteiger partial charge in [0.15, 0.2) is 5.95 Å². The zero-order valence-electron chi connectivity index (χ0n) is 11.8. The maximum atomic E-state index is 14.1. The van der Waals surface area contributed by atoms with Crippen LogP contribution in [0.2, 0.25) is 0 Å². The van der Waals surface area contributed by atoms with Gasteiger partial charge in [0.05, 0.1) is 13.3 Å². The first-order chi connectivity index (χ1) is 9.45. The van der Waals surface area contributed by atoms with Crippen LogP contribution in [-0.2, 0) is 0 Å². The Morgan fingerprint density at radius 3 is 2.70 bits per heavy atom. The standard InChI is InChI=1S/C15H18FN3O/c1-15(2)12(13(15)11-7-18-14(17)19-11)9-6-8(20-3)4-5-10(9)16/h4-7,12-13H,1-3H3,(H3,17,18,19). The third kappa shape index (κ3) is 1.85. The largest absolute Gasteiger partial charge is 0.497 e. The maximum absolute atomic E-state index is 14.1. The fourth-order valence-electron chi connectivity index (χ4n) is 3.20. The molecule has 4 nitrogen and oxygen atoms in total. The van der Waals surface area contributed by atoms with Gasteiger partial charge in [0.25, 0.3) is 0 Å². The van der Waals surface area contributed by atoms with Crippen LogP contribution in [0.4, 0.5) is 10.3 Å². The Labute approximate surface area is 117 Å². The average Bonchev–Trinajstić information content (AvgIpc) is 2.75. The van der Waals surface area contributed by atoms with E-state index in [-0.39, 0.29) is 23.1 Å². The molecule has 3 N–H and O–H groups in total. The van der Waals surface area contributed by atoms with E-state index in [1.807, 2.05) is 0 Å². The lowest BCUT2D eigenvalue weighted by Crippen LogP contribution is -1.95. The third-order valence-corrected chi connectivity index (χ3v) is 4.32. The molecule has 0 radical (unpaired) electrons. The minimum absolute atomic E-state index is 0.0355. The lowest BCUT2D eigenvalue weighted by atomic mass is 10.0. The summed E-state index contributed by atoms with van der Waals surface area (Å²) in [6.07, 6.45) is 1.74. The van der Waals surface area contributed by atoms with E-state index in [9.17, 15) is 4.39 Å². The quantitative estimate of drug-likeness (QED) is 0.905. The zero-order valence-corrected chi connectivity index (χ0v) is 11.8. The van der Waals surface area contributed by atoms with Crippen LogP contribution in [0.5, 0.6) is 5.75 Å². The fourth-order valence-corrected chi connectivity index (χ4v) is 3.20. The summed E-state index contributed by atoms with van der Waals surface area (Å²) < 4.78 is 19.3. The van der Waals surface area contributed by atoms with Crippen molar-refractivity contribution in [1.29, 1.82) is 0 Å². The van der Waals surface area contributed by atoms with Gasteiger partial charge in [0, 0.05) is 17.5 Å². The number of nitrogens with one attached hydrogen (secondary N) is 1. The summed E-state index contributed by atoms with van der Waals surface area (Å²) in [5, 5.41) is 0. The van der Waals surface area contributed by atoms with Crippen molar-refractivity contribution in [3.63, 3.8) is 0 Å². The van der Waals surface area contributed by atoms with E-state index in [2.05, 4.69) is 23.8 Å². The fraction of sp³-hybridized carbons (Fsp3) is 0.400. The van der Waals surface area contributed by atoms with Crippen molar-refractivity contribution < 1.29 is 9.13 Å². The number of methoxy groups -OCH3 is 1. The third-order valence-electron chi connectivity index (χ3n) is 4.32. The number of imidazole rings is 1. The highest BCUT2D eigenvalue weighted by atomic mass is 19.1. The highest BCUT2D eigenvalue weighted by Crippen LogP contribution is 2.70. The predicted octanol–water partition coefficient (Wildman–Crippen LogP) is 3.05. The van der Waals surface area contributed by atoms with Crippen molar-refractivity contribution in [3.8, 4) is 5.75 Å². The molecule has 1 aromatic heterocycles. The first-order valence-electron chi connectivity index (χ1n) is 6.59. The molecule has 0 saturated heterocycles. The minimum atomic E-state index is -0.195. The van der Waals surface area contributed by atoms with Gasteiger partial charge in [-0.3, -0.25) is 0 Å². The van der Waals surface area contributed by atoms with Crippen LogP contribution in [-0.4, -0.2) is 17.1 Å². The van der Waals surface area contributed by atoms with Crippen molar-refractivity contribution in [2.24, 2.45) is 5.41 Å². The summed E-state index contributed by atoms with van der Waals surface area (Å²) in [5.41, 5.74) is 7.24. The molecule has 1 aromatic carbocycles. The Morgan fingerprint density at radius 2 is 2.10 bits per heavy atom. The van der Waals surface area contributed by atoms with Crippen LogP contribution in [0, 0.1) is 11.2 Å². The molecule has 1 saturated carbocycles. The lowest BCUT2D eigenvalue weighted by Gasteiger charge is -2.07. The highest BCUT2D eigenvalue weighted by Gasteiger charge is 2.60. The maximum Gasteiger partial charge on any atom is 0.197 e. The van der Waals surface area contributed by atoms with Gasteiger partial charge < -0.3 is 15.5 Å². The van der Waals surface area contributed by atoms with Gasteiger partial charge in [0.2, 0.25) is 0 Å². The number of H-pyrrole nitrogens is 1. The summed E-state index contributed by atoms with van der Waals surface area (Å²) >= 11 is 0. The number of benzene rings is 1. The number of anilines is 1. The average molecular weight is 275 g/mol. The number of aromatic nitrogens is 2. The topological polar surface area (TPSA) is 63.9 Å². The van der Waals surface area contributed by atoms with E-state index < -0.39 is 0 Å². The molecular formula is C15H18FN3O. The van der Waals surface area contributed by atoms with Gasteiger partial charge >= 0.3 is 0 Å². The molecule has 20 heavy (non-hydrogen) atoms. The van der Waals surface area contributed by atoms with Gasteiger partial charge in [-0.2, -0.15) is 0 Å². The molecule has 1 aliphatic carbocycles. The highest BCUT2D eigenvalue weighted by molar-refractivity contribution is 5.44. The number of halogens is 1. The SMILES string of the molecule is COc1ccc(F)c(C2C(c3cnc(N)[nH]3)C2(C)C)c1. The van der Waals surface area contributed by atoms with E-state index in [0.29, 0.717) is 17.3 Å². The van der Waals surface area contributed by atoms with Crippen molar-refractivity contribution >= 4 is 5.95 Å². The molecular weight excluding hydrogens is 257 g/mol. The smallest absolute Gasteiger partial charge is 0.197 e. The summed E-state index contributed by atoms with van der Waals surface area (Å²) in [6, 6.07) is 4.87. The number of nitrogens with two attached hydrogens (primary N) is 1. The minimum Gasteiger partial charge on any atom is -0.497 e. The second-order valence-electron chi connectivity index (χ2n) is 5.89. The van der Waals surface area contributed by atoms with E-state index in [0.717, 1.165) is 5.69 Å². The van der Waals surface area contributed by atoms with E-state index in [1.165, 1.54) is 6.07 Å². The van der Waals surface area contributed by atoms with Crippen LogP contribution < -0.4 is 10.5 Å². The summed E-state index contributed by atoms with van der Waals surface area (Å²) in [6.45, 7) is 4.25. The molecule has 2 unspecified atom stereocenters. The Hall–Kier alpha value is -2.04. The first-order valence-corrected chi connectivity index (χ1v) is 6.59. The van der Waals surface area contributed by atoms with Gasteiger partial charge in [-0.25, -0.2) is 9.37 Å². The van der Waals surface area contributed by atoms with E-state index in [4.69, 9.17) is 10.5 Å². The molecule has 1 aliphatic rings. The summed E-state index contributed by atoms with van der Waals surface area (Å²) in [4.78, 5) is 7.09. The van der Waals surface area contributed by atoms with Gasteiger partial charge in [-0.1, -0.05) is 13.8 Å². The Bertz CT molecular complexity index is 650. The van der Waals surface area contributed by atoms with E-state index in [1.54, 1.807) is 25.4 Å². The number of ether oxygens (including phenoxy) is 1. The second-order valence-corrected chi connectivity index (χ2v) is 5.89. The lowest BCUT2D eigenvalue weighted by molar-refractivity contribution is 0.412. The molecule has 0 spiro atoms. The Kier molecular flexibility index (Phi) is 2.74. The van der Waals surface area contributed by atoms with E-state index >= 15 is 0 Å². The molecule has 5 heteroatoms. The number of hydrogen-bond donors (Lipinski definition) is 2. The molecule has 1 fully saturated rings. The molecule has 0 aliphatic heterocycles. The van der Waals surface area contributed by atoms with Gasteiger partial charge in [-0.05, 0) is 29.2 Å². The second kappa shape index (κ2) is 4.23. The van der Waals surface area contributed by atoms with Crippen molar-refractivity contribution in [2.45, 2.75) is 25.7 Å². The molecule has 106 valence electrons. The summed E-state index contributed by atoms with van der Waals surface area (Å²) in [5.74, 6) is 1.16. The number of nitrogen functional groups attached to an aromatic ring is 1. The van der Waals surface area contributed by atoms with Crippen molar-refractivity contribution in [1.82, 2.24) is 9.97 Å². The van der Waals surface area contributed by atoms with Crippen LogP contribution in [0.3, 0.4) is 0 Å². The Morgan fingerprint density at radius 1 is 1.35 bits per heavy atom. The number of nitrogens with zero attached hydrogens (tertiary/aromatic N) is 1. The molecule has 2 atom stereocenters. The van der Waals surface area contributed by atoms with Crippen LogP contribution in [0.15, 0.2) is 24.4 Å². The molecule has 0 amide bonds.